The molecule has 0 aliphatic carbocycles. The minimum Gasteiger partial charge on any atom is -0.497 e. The Labute approximate surface area is 126 Å². The number of hydrogen-bond acceptors (Lipinski definition) is 3. The van der Waals surface area contributed by atoms with Crippen molar-refractivity contribution >= 4 is 23.2 Å². The summed E-state index contributed by atoms with van der Waals surface area (Å²) in [5.41, 5.74) is 0.407. The molecule has 0 unspecified atom stereocenters. The normalized spacial score (nSPS) is 10.0. The number of rotatable bonds is 5. The van der Waals surface area contributed by atoms with Crippen LogP contribution in [-0.4, -0.2) is 19.6 Å². The van der Waals surface area contributed by atoms with E-state index in [-0.39, 0.29) is 17.5 Å². The van der Waals surface area contributed by atoms with E-state index in [4.69, 9.17) is 21.1 Å². The maximum absolute atomic E-state index is 13.0. The van der Waals surface area contributed by atoms with E-state index >= 15 is 0 Å². The molecule has 0 aromatic heterocycles. The van der Waals surface area contributed by atoms with Crippen molar-refractivity contribution in [3.05, 3.63) is 53.3 Å². The molecular formula is C15H13ClFNO3. The monoisotopic (exact) mass is 309 g/mol. The molecule has 0 heterocycles. The van der Waals surface area contributed by atoms with Crippen LogP contribution >= 0.6 is 11.6 Å². The van der Waals surface area contributed by atoms with E-state index in [0.717, 1.165) is 0 Å². The number of halogens is 2. The second-order valence-corrected chi connectivity index (χ2v) is 4.55. The topological polar surface area (TPSA) is 47.6 Å². The fourth-order valence-electron chi connectivity index (χ4n) is 1.59. The van der Waals surface area contributed by atoms with Gasteiger partial charge in [-0.25, -0.2) is 4.39 Å². The molecule has 0 spiro atoms. The molecule has 0 saturated carbocycles. The van der Waals surface area contributed by atoms with Crippen molar-refractivity contribution in [2.45, 2.75) is 0 Å². The smallest absolute Gasteiger partial charge is 0.262 e. The molecule has 0 bridgehead atoms. The van der Waals surface area contributed by atoms with Gasteiger partial charge in [-0.05, 0) is 42.5 Å². The molecule has 21 heavy (non-hydrogen) atoms. The Morgan fingerprint density at radius 3 is 2.48 bits per heavy atom. The fourth-order valence-corrected chi connectivity index (χ4v) is 1.77. The van der Waals surface area contributed by atoms with Crippen LogP contribution in [0.5, 0.6) is 11.5 Å². The van der Waals surface area contributed by atoms with Crippen LogP contribution in [0.4, 0.5) is 10.1 Å². The molecule has 0 radical (unpaired) electrons. The minimum absolute atomic E-state index is 0.0520. The van der Waals surface area contributed by atoms with Crippen molar-refractivity contribution in [3.8, 4) is 11.5 Å². The zero-order valence-electron chi connectivity index (χ0n) is 11.2. The highest BCUT2D eigenvalue weighted by atomic mass is 35.5. The van der Waals surface area contributed by atoms with Gasteiger partial charge in [-0.1, -0.05) is 11.6 Å². The van der Waals surface area contributed by atoms with Gasteiger partial charge in [-0.15, -0.1) is 0 Å². The Balaban J connectivity index is 1.87. The molecule has 0 saturated heterocycles. The first kappa shape index (κ1) is 15.1. The van der Waals surface area contributed by atoms with Crippen molar-refractivity contribution in [1.29, 1.82) is 0 Å². The fraction of sp³-hybridized carbons (Fsp3) is 0.133. The van der Waals surface area contributed by atoms with Gasteiger partial charge in [-0.3, -0.25) is 4.79 Å². The van der Waals surface area contributed by atoms with Gasteiger partial charge in [0, 0.05) is 5.69 Å². The lowest BCUT2D eigenvalue weighted by molar-refractivity contribution is -0.118. The summed E-state index contributed by atoms with van der Waals surface area (Å²) in [7, 11) is 1.57. The summed E-state index contributed by atoms with van der Waals surface area (Å²) in [5.74, 6) is 0.341. The van der Waals surface area contributed by atoms with Crippen molar-refractivity contribution < 1.29 is 18.7 Å². The lowest BCUT2D eigenvalue weighted by Crippen LogP contribution is -2.20. The van der Waals surface area contributed by atoms with Crippen LogP contribution in [0.2, 0.25) is 5.02 Å². The first-order valence-electron chi connectivity index (χ1n) is 6.10. The Hall–Kier alpha value is -2.27. The van der Waals surface area contributed by atoms with E-state index in [0.29, 0.717) is 17.2 Å². The van der Waals surface area contributed by atoms with Gasteiger partial charge in [0.1, 0.15) is 17.3 Å². The molecule has 2 rings (SSSR count). The van der Waals surface area contributed by atoms with Crippen LogP contribution in [0.25, 0.3) is 0 Å². The van der Waals surface area contributed by atoms with Gasteiger partial charge < -0.3 is 14.8 Å². The van der Waals surface area contributed by atoms with Crippen molar-refractivity contribution in [2.24, 2.45) is 0 Å². The minimum atomic E-state index is -0.538. The molecule has 2 aromatic carbocycles. The molecule has 1 N–H and O–H groups in total. The third-order valence-corrected chi connectivity index (χ3v) is 2.92. The highest BCUT2D eigenvalue weighted by Gasteiger charge is 2.06. The number of hydrogen-bond donors (Lipinski definition) is 1. The van der Waals surface area contributed by atoms with Crippen LogP contribution in [0.15, 0.2) is 42.5 Å². The van der Waals surface area contributed by atoms with E-state index in [2.05, 4.69) is 5.32 Å². The average Bonchev–Trinajstić information content (AvgIpc) is 2.49. The van der Waals surface area contributed by atoms with E-state index < -0.39 is 5.82 Å². The van der Waals surface area contributed by atoms with Gasteiger partial charge in [-0.2, -0.15) is 0 Å². The molecule has 4 nitrogen and oxygen atoms in total. The van der Waals surface area contributed by atoms with E-state index in [1.807, 2.05) is 0 Å². The SMILES string of the molecule is COc1ccc(OCC(=O)Nc2ccc(F)c(Cl)c2)cc1. The van der Waals surface area contributed by atoms with Crippen LogP contribution in [0.1, 0.15) is 0 Å². The van der Waals surface area contributed by atoms with Gasteiger partial charge in [0.25, 0.3) is 5.91 Å². The molecule has 2 aromatic rings. The standard InChI is InChI=1S/C15H13ClFNO3/c1-20-11-3-5-12(6-4-11)21-9-15(19)18-10-2-7-14(17)13(16)8-10/h2-8H,9H2,1H3,(H,18,19). The molecule has 110 valence electrons. The third kappa shape index (κ3) is 4.36. The summed E-state index contributed by atoms with van der Waals surface area (Å²) in [6.07, 6.45) is 0. The number of methoxy groups -OCH3 is 1. The summed E-state index contributed by atoms with van der Waals surface area (Å²) in [4.78, 5) is 11.7. The summed E-state index contributed by atoms with van der Waals surface area (Å²) in [6, 6.07) is 10.8. The van der Waals surface area contributed by atoms with Crippen molar-refractivity contribution in [1.82, 2.24) is 0 Å². The molecule has 0 fully saturated rings. The maximum atomic E-state index is 13.0. The van der Waals surface area contributed by atoms with Crippen LogP contribution < -0.4 is 14.8 Å². The number of anilines is 1. The number of carbonyl (C=O) groups excluding carboxylic acids is 1. The second kappa shape index (κ2) is 6.95. The Bertz CT molecular complexity index is 631. The number of amides is 1. The lowest BCUT2D eigenvalue weighted by Gasteiger charge is -2.08. The third-order valence-electron chi connectivity index (χ3n) is 2.63. The number of ether oxygens (including phenoxy) is 2. The van der Waals surface area contributed by atoms with E-state index in [9.17, 15) is 9.18 Å². The zero-order valence-corrected chi connectivity index (χ0v) is 12.0. The van der Waals surface area contributed by atoms with Gasteiger partial charge in [0.05, 0.1) is 12.1 Å². The van der Waals surface area contributed by atoms with E-state index in [1.54, 1.807) is 31.4 Å². The molecule has 1 amide bonds. The molecule has 6 heteroatoms. The molecule has 0 aliphatic heterocycles. The predicted molar refractivity (Wildman–Crippen MR) is 78.5 cm³/mol. The molecular weight excluding hydrogens is 297 g/mol. The van der Waals surface area contributed by atoms with Crippen LogP contribution in [-0.2, 0) is 4.79 Å². The van der Waals surface area contributed by atoms with Crippen LogP contribution in [0.3, 0.4) is 0 Å². The first-order valence-corrected chi connectivity index (χ1v) is 6.48. The van der Waals surface area contributed by atoms with Gasteiger partial charge in [0.15, 0.2) is 6.61 Å². The lowest BCUT2D eigenvalue weighted by atomic mass is 10.3. The van der Waals surface area contributed by atoms with Gasteiger partial charge in [0.2, 0.25) is 0 Å². The number of benzene rings is 2. The predicted octanol–water partition coefficient (Wildman–Crippen LogP) is 3.51. The van der Waals surface area contributed by atoms with E-state index in [1.165, 1.54) is 18.2 Å². The number of nitrogens with one attached hydrogen (secondary N) is 1. The van der Waals surface area contributed by atoms with Gasteiger partial charge >= 0.3 is 0 Å². The highest BCUT2D eigenvalue weighted by Crippen LogP contribution is 2.20. The molecule has 0 aliphatic rings. The largest absolute Gasteiger partial charge is 0.497 e. The summed E-state index contributed by atoms with van der Waals surface area (Å²) in [6.45, 7) is -0.165. The first-order chi connectivity index (χ1) is 10.1. The Morgan fingerprint density at radius 1 is 1.19 bits per heavy atom. The average molecular weight is 310 g/mol. The zero-order chi connectivity index (χ0) is 15.2. The number of carbonyl (C=O) groups is 1. The van der Waals surface area contributed by atoms with Crippen molar-refractivity contribution in [3.63, 3.8) is 0 Å². The maximum Gasteiger partial charge on any atom is 0.262 e. The van der Waals surface area contributed by atoms with Crippen molar-refractivity contribution in [2.75, 3.05) is 19.0 Å². The quantitative estimate of drug-likeness (QED) is 0.919. The molecule has 0 atom stereocenters. The Morgan fingerprint density at radius 2 is 1.86 bits per heavy atom. The summed E-state index contributed by atoms with van der Waals surface area (Å²) >= 11 is 5.63. The summed E-state index contributed by atoms with van der Waals surface area (Å²) < 4.78 is 23.3. The van der Waals surface area contributed by atoms with Crippen LogP contribution in [0, 0.1) is 5.82 Å². The second-order valence-electron chi connectivity index (χ2n) is 4.14. The summed E-state index contributed by atoms with van der Waals surface area (Å²) in [5, 5.41) is 2.51. The highest BCUT2D eigenvalue weighted by molar-refractivity contribution is 6.31. The Kier molecular flexibility index (Phi) is 5.00.